The molecule has 0 unspecified atom stereocenters. The first kappa shape index (κ1) is 17.2. The van der Waals surface area contributed by atoms with E-state index in [0.29, 0.717) is 11.9 Å². The Labute approximate surface area is 134 Å². The van der Waals surface area contributed by atoms with Crippen LogP contribution in [0.4, 0.5) is 18.9 Å². The van der Waals surface area contributed by atoms with Gasteiger partial charge in [0.05, 0.1) is 35.2 Å². The maximum atomic E-state index is 12.6. The van der Waals surface area contributed by atoms with Crippen LogP contribution in [-0.2, 0) is 11.0 Å². The van der Waals surface area contributed by atoms with E-state index in [2.05, 4.69) is 15.4 Å². The van der Waals surface area contributed by atoms with Crippen molar-refractivity contribution in [2.24, 2.45) is 0 Å². The monoisotopic (exact) mass is 347 g/mol. The Hall–Kier alpha value is -2.13. The van der Waals surface area contributed by atoms with Gasteiger partial charge in [-0.3, -0.25) is 4.79 Å². The molecule has 0 fully saturated rings. The Bertz CT molecular complexity index is 714. The number of hydrogen-bond acceptors (Lipinski definition) is 4. The molecule has 0 atom stereocenters. The van der Waals surface area contributed by atoms with Gasteiger partial charge in [0.2, 0.25) is 5.91 Å². The fourth-order valence-electron chi connectivity index (χ4n) is 1.75. The van der Waals surface area contributed by atoms with Gasteiger partial charge in [0.15, 0.2) is 5.82 Å². The zero-order valence-electron chi connectivity index (χ0n) is 12.2. The molecule has 23 heavy (non-hydrogen) atoms. The third kappa shape index (κ3) is 4.42. The summed E-state index contributed by atoms with van der Waals surface area (Å²) in [5, 5.41) is 6.34. The lowest BCUT2D eigenvalue weighted by atomic mass is 10.3. The number of nitrogens with zero attached hydrogens (tertiary/aromatic N) is 4. The largest absolute Gasteiger partial charge is 0.417 e. The van der Waals surface area contributed by atoms with Crippen molar-refractivity contribution in [2.45, 2.75) is 6.18 Å². The summed E-state index contributed by atoms with van der Waals surface area (Å²) in [4.78, 5) is 17.0. The molecule has 0 radical (unpaired) electrons. The minimum Gasteiger partial charge on any atom is -0.322 e. The molecule has 0 bridgehead atoms. The zero-order chi connectivity index (χ0) is 17.2. The Morgan fingerprint density at radius 2 is 2.09 bits per heavy atom. The van der Waals surface area contributed by atoms with Gasteiger partial charge in [-0.05, 0) is 20.2 Å². The number of amides is 1. The van der Waals surface area contributed by atoms with Crippen LogP contribution in [0.1, 0.15) is 5.56 Å². The second-order valence-electron chi connectivity index (χ2n) is 4.99. The Balaban J connectivity index is 2.19. The number of alkyl halides is 3. The van der Waals surface area contributed by atoms with Gasteiger partial charge in [-0.1, -0.05) is 11.6 Å². The molecule has 0 aliphatic rings. The number of rotatable bonds is 4. The standard InChI is InChI=1S/C13H13ClF3N5O/c1-21(2)7-11(23)20-9-5-19-22(6-9)12-10(14)3-8(4-18-12)13(15,16)17/h3-6H,7H2,1-2H3,(H,20,23). The first-order valence-corrected chi connectivity index (χ1v) is 6.77. The lowest BCUT2D eigenvalue weighted by Gasteiger charge is -2.09. The highest BCUT2D eigenvalue weighted by Crippen LogP contribution is 2.31. The number of hydrogen-bond donors (Lipinski definition) is 1. The Kier molecular flexibility index (Phi) is 4.90. The summed E-state index contributed by atoms with van der Waals surface area (Å²) < 4.78 is 38.9. The average Bonchev–Trinajstić information content (AvgIpc) is 2.84. The van der Waals surface area contributed by atoms with Crippen LogP contribution in [0.5, 0.6) is 0 Å². The Morgan fingerprint density at radius 3 is 2.65 bits per heavy atom. The molecule has 6 nitrogen and oxygen atoms in total. The van der Waals surface area contributed by atoms with Gasteiger partial charge in [0.1, 0.15) is 0 Å². The van der Waals surface area contributed by atoms with Crippen LogP contribution in [0, 0.1) is 0 Å². The number of aromatic nitrogens is 3. The predicted octanol–water partition coefficient (Wildman–Crippen LogP) is 2.44. The van der Waals surface area contributed by atoms with E-state index in [1.165, 1.54) is 17.1 Å². The molecule has 2 aromatic rings. The maximum Gasteiger partial charge on any atom is 0.417 e. The van der Waals surface area contributed by atoms with E-state index in [1.54, 1.807) is 19.0 Å². The molecular formula is C13H13ClF3N5O. The number of anilines is 1. The van der Waals surface area contributed by atoms with Crippen LogP contribution in [0.15, 0.2) is 24.7 Å². The first-order valence-electron chi connectivity index (χ1n) is 6.39. The van der Waals surface area contributed by atoms with Gasteiger partial charge in [-0.2, -0.15) is 18.3 Å². The molecule has 2 rings (SSSR count). The van der Waals surface area contributed by atoms with E-state index in [4.69, 9.17) is 11.6 Å². The smallest absolute Gasteiger partial charge is 0.322 e. The van der Waals surface area contributed by atoms with Gasteiger partial charge in [0.25, 0.3) is 0 Å². The van der Waals surface area contributed by atoms with E-state index in [9.17, 15) is 18.0 Å². The van der Waals surface area contributed by atoms with Crippen LogP contribution < -0.4 is 5.32 Å². The van der Waals surface area contributed by atoms with Crippen molar-refractivity contribution in [3.8, 4) is 5.82 Å². The minimum absolute atomic E-state index is 0.0350. The van der Waals surface area contributed by atoms with Crippen molar-refractivity contribution in [2.75, 3.05) is 26.0 Å². The summed E-state index contributed by atoms with van der Waals surface area (Å²) in [6, 6.07) is 0.774. The fraction of sp³-hybridized carbons (Fsp3) is 0.308. The zero-order valence-corrected chi connectivity index (χ0v) is 13.0. The summed E-state index contributed by atoms with van der Waals surface area (Å²) in [7, 11) is 3.49. The van der Waals surface area contributed by atoms with Gasteiger partial charge in [-0.15, -0.1) is 0 Å². The summed E-state index contributed by atoms with van der Waals surface area (Å²) >= 11 is 5.84. The third-order valence-electron chi connectivity index (χ3n) is 2.69. The third-order valence-corrected chi connectivity index (χ3v) is 2.97. The van der Waals surface area contributed by atoms with Gasteiger partial charge < -0.3 is 10.2 Å². The molecule has 0 saturated carbocycles. The molecule has 0 spiro atoms. The molecule has 0 aliphatic carbocycles. The van der Waals surface area contributed by atoms with E-state index in [1.807, 2.05) is 0 Å². The molecule has 0 saturated heterocycles. The molecule has 2 aromatic heterocycles. The van der Waals surface area contributed by atoms with E-state index in [-0.39, 0.29) is 23.3 Å². The van der Waals surface area contributed by atoms with Crippen molar-refractivity contribution < 1.29 is 18.0 Å². The number of nitrogens with one attached hydrogen (secondary N) is 1. The summed E-state index contributed by atoms with van der Waals surface area (Å²) in [5.74, 6) is -0.214. The molecule has 0 aliphatic heterocycles. The maximum absolute atomic E-state index is 12.6. The highest BCUT2D eigenvalue weighted by molar-refractivity contribution is 6.32. The van der Waals surface area contributed by atoms with Crippen LogP contribution in [-0.4, -0.2) is 46.2 Å². The van der Waals surface area contributed by atoms with Crippen molar-refractivity contribution in [1.82, 2.24) is 19.7 Å². The Morgan fingerprint density at radius 1 is 1.39 bits per heavy atom. The van der Waals surface area contributed by atoms with Gasteiger partial charge in [-0.25, -0.2) is 9.67 Å². The fourth-order valence-corrected chi connectivity index (χ4v) is 2.00. The van der Waals surface area contributed by atoms with Crippen LogP contribution >= 0.6 is 11.6 Å². The summed E-state index contributed by atoms with van der Waals surface area (Å²) in [6.45, 7) is 0.185. The summed E-state index contributed by atoms with van der Waals surface area (Å²) in [6.07, 6.45) is -1.09. The van der Waals surface area contributed by atoms with Crippen LogP contribution in [0.2, 0.25) is 5.02 Å². The molecule has 1 N–H and O–H groups in total. The van der Waals surface area contributed by atoms with E-state index in [0.717, 1.165) is 6.07 Å². The molecule has 1 amide bonds. The quantitative estimate of drug-likeness (QED) is 0.922. The lowest BCUT2D eigenvalue weighted by molar-refractivity contribution is -0.137. The molecule has 124 valence electrons. The van der Waals surface area contributed by atoms with E-state index < -0.39 is 11.7 Å². The normalized spacial score (nSPS) is 11.8. The van der Waals surface area contributed by atoms with Crippen LogP contribution in [0.25, 0.3) is 5.82 Å². The lowest BCUT2D eigenvalue weighted by Crippen LogP contribution is -2.26. The van der Waals surface area contributed by atoms with Crippen molar-refractivity contribution in [3.05, 3.63) is 35.2 Å². The number of halogens is 4. The molecule has 2 heterocycles. The van der Waals surface area contributed by atoms with Crippen molar-refractivity contribution in [3.63, 3.8) is 0 Å². The second-order valence-corrected chi connectivity index (χ2v) is 5.39. The van der Waals surface area contributed by atoms with Crippen LogP contribution in [0.3, 0.4) is 0 Å². The topological polar surface area (TPSA) is 63.1 Å². The SMILES string of the molecule is CN(C)CC(=O)Nc1cnn(-c2ncc(C(F)(F)F)cc2Cl)c1. The van der Waals surface area contributed by atoms with Crippen molar-refractivity contribution in [1.29, 1.82) is 0 Å². The van der Waals surface area contributed by atoms with Crippen molar-refractivity contribution >= 4 is 23.2 Å². The highest BCUT2D eigenvalue weighted by Gasteiger charge is 2.31. The number of carbonyl (C=O) groups excluding carboxylic acids is 1. The predicted molar refractivity (Wildman–Crippen MR) is 78.6 cm³/mol. The first-order chi connectivity index (χ1) is 10.7. The van der Waals surface area contributed by atoms with E-state index >= 15 is 0 Å². The number of likely N-dealkylation sites (N-methyl/N-ethyl adjacent to an activating group) is 1. The minimum atomic E-state index is -4.52. The summed E-state index contributed by atoms with van der Waals surface area (Å²) in [5.41, 5.74) is -0.562. The molecular weight excluding hydrogens is 335 g/mol. The van der Waals surface area contributed by atoms with Gasteiger partial charge in [0, 0.05) is 6.20 Å². The molecule has 0 aromatic carbocycles. The second kappa shape index (κ2) is 6.55. The molecule has 10 heteroatoms. The average molecular weight is 348 g/mol. The number of pyridine rings is 1. The number of carbonyl (C=O) groups is 1. The van der Waals surface area contributed by atoms with Gasteiger partial charge >= 0.3 is 6.18 Å². The highest BCUT2D eigenvalue weighted by atomic mass is 35.5.